The van der Waals surface area contributed by atoms with Crippen LogP contribution in [0.1, 0.15) is 26.3 Å². The Morgan fingerprint density at radius 2 is 1.81 bits per heavy atom. The van der Waals surface area contributed by atoms with E-state index in [1.54, 1.807) is 55.6 Å². The smallest absolute Gasteiger partial charge is 0.203 e. The van der Waals surface area contributed by atoms with Crippen molar-refractivity contribution in [2.45, 2.75) is 11.7 Å². The lowest BCUT2D eigenvalue weighted by atomic mass is 9.78. The van der Waals surface area contributed by atoms with Crippen molar-refractivity contribution < 1.29 is 19.1 Å². The van der Waals surface area contributed by atoms with Crippen molar-refractivity contribution in [3.63, 3.8) is 0 Å². The van der Waals surface area contributed by atoms with E-state index < -0.39 is 11.7 Å². The normalized spacial score (nSPS) is 26.0. The van der Waals surface area contributed by atoms with Gasteiger partial charge in [-0.15, -0.1) is 0 Å². The number of carbonyl (C=O) groups excluding carboxylic acids is 2. The van der Waals surface area contributed by atoms with Gasteiger partial charge in [-0.25, -0.2) is 0 Å². The Labute approximate surface area is 121 Å². The number of hydrogen-bond donors (Lipinski definition) is 0. The highest BCUT2D eigenvalue weighted by Crippen LogP contribution is 2.53. The Balaban J connectivity index is 1.88. The first-order valence-corrected chi connectivity index (χ1v) is 6.69. The van der Waals surface area contributed by atoms with Gasteiger partial charge < -0.3 is 9.47 Å². The van der Waals surface area contributed by atoms with Gasteiger partial charge >= 0.3 is 0 Å². The van der Waals surface area contributed by atoms with Gasteiger partial charge in [-0.05, 0) is 17.7 Å². The van der Waals surface area contributed by atoms with Crippen LogP contribution in [-0.4, -0.2) is 24.8 Å². The van der Waals surface area contributed by atoms with E-state index in [0.717, 1.165) is 0 Å². The van der Waals surface area contributed by atoms with Crippen LogP contribution in [0.4, 0.5) is 0 Å². The minimum absolute atomic E-state index is 0.131. The second-order valence-corrected chi connectivity index (χ2v) is 5.20. The van der Waals surface area contributed by atoms with Crippen LogP contribution in [0, 0.1) is 0 Å². The first kappa shape index (κ1) is 12.3. The van der Waals surface area contributed by atoms with Crippen molar-refractivity contribution in [3.8, 4) is 5.75 Å². The van der Waals surface area contributed by atoms with Gasteiger partial charge in [-0.1, -0.05) is 36.4 Å². The number of ketones is 2. The van der Waals surface area contributed by atoms with Crippen LogP contribution in [0.5, 0.6) is 5.75 Å². The molecule has 1 aliphatic carbocycles. The number of benzene rings is 2. The predicted octanol–water partition coefficient (Wildman–Crippen LogP) is 2.37. The first-order chi connectivity index (χ1) is 10.2. The lowest BCUT2D eigenvalue weighted by Gasteiger charge is -2.19. The van der Waals surface area contributed by atoms with Crippen molar-refractivity contribution in [2.24, 2.45) is 0 Å². The van der Waals surface area contributed by atoms with Crippen LogP contribution < -0.4 is 4.74 Å². The SMILES string of the molecule is COc1cccc(C23OC2C(=O)c2ccccc2C3=O)c1. The van der Waals surface area contributed by atoms with E-state index in [0.29, 0.717) is 22.4 Å². The molecule has 0 spiro atoms. The number of epoxide rings is 1. The molecule has 104 valence electrons. The highest BCUT2D eigenvalue weighted by molar-refractivity contribution is 6.23. The fraction of sp³-hybridized carbons (Fsp3) is 0.176. The second kappa shape index (κ2) is 4.02. The highest BCUT2D eigenvalue weighted by Gasteiger charge is 2.70. The Hall–Kier alpha value is -2.46. The molecule has 21 heavy (non-hydrogen) atoms. The Kier molecular flexibility index (Phi) is 2.35. The van der Waals surface area contributed by atoms with Gasteiger partial charge in [0.25, 0.3) is 0 Å². The Morgan fingerprint density at radius 3 is 2.57 bits per heavy atom. The Bertz CT molecular complexity index is 780. The largest absolute Gasteiger partial charge is 0.497 e. The molecule has 2 aromatic carbocycles. The molecule has 2 aliphatic rings. The molecule has 4 nitrogen and oxygen atoms in total. The summed E-state index contributed by atoms with van der Waals surface area (Å²) in [5.74, 6) is 0.346. The quantitative estimate of drug-likeness (QED) is 0.792. The van der Waals surface area contributed by atoms with Gasteiger partial charge in [0.05, 0.1) is 7.11 Å². The summed E-state index contributed by atoms with van der Waals surface area (Å²) in [7, 11) is 1.56. The minimum atomic E-state index is -1.17. The number of methoxy groups -OCH3 is 1. The molecule has 2 unspecified atom stereocenters. The van der Waals surface area contributed by atoms with Crippen LogP contribution in [-0.2, 0) is 10.3 Å². The molecule has 1 aliphatic heterocycles. The van der Waals surface area contributed by atoms with E-state index in [-0.39, 0.29) is 11.6 Å². The van der Waals surface area contributed by atoms with Gasteiger partial charge in [0.15, 0.2) is 17.5 Å². The van der Waals surface area contributed by atoms with Crippen molar-refractivity contribution in [2.75, 3.05) is 7.11 Å². The lowest BCUT2D eigenvalue weighted by molar-refractivity contribution is 0.0859. The molecule has 0 radical (unpaired) electrons. The summed E-state index contributed by atoms with van der Waals surface area (Å²) in [5.41, 5.74) is 0.377. The molecule has 2 atom stereocenters. The molecule has 4 rings (SSSR count). The molecule has 0 aromatic heterocycles. The third-order valence-electron chi connectivity index (χ3n) is 4.13. The molecular formula is C17H12O4. The molecule has 0 saturated carbocycles. The van der Waals surface area contributed by atoms with Crippen molar-refractivity contribution in [1.29, 1.82) is 0 Å². The molecule has 1 saturated heterocycles. The van der Waals surface area contributed by atoms with E-state index >= 15 is 0 Å². The predicted molar refractivity (Wildman–Crippen MR) is 74.6 cm³/mol. The topological polar surface area (TPSA) is 55.9 Å². The van der Waals surface area contributed by atoms with E-state index in [1.807, 2.05) is 0 Å². The van der Waals surface area contributed by atoms with Crippen LogP contribution in [0.25, 0.3) is 0 Å². The van der Waals surface area contributed by atoms with E-state index in [2.05, 4.69) is 0 Å². The first-order valence-electron chi connectivity index (χ1n) is 6.69. The van der Waals surface area contributed by atoms with Crippen molar-refractivity contribution in [1.82, 2.24) is 0 Å². The highest BCUT2D eigenvalue weighted by atomic mass is 16.6. The standard InChI is InChI=1S/C17H12O4/c1-20-11-6-4-5-10(9-11)17-15(19)13-8-3-2-7-12(13)14(18)16(17)21-17/h2-9,16H,1H3. The van der Waals surface area contributed by atoms with Crippen LogP contribution in [0.3, 0.4) is 0 Å². The summed E-state index contributed by atoms with van der Waals surface area (Å²) in [6, 6.07) is 14.0. The molecule has 1 fully saturated rings. The third kappa shape index (κ3) is 1.48. The van der Waals surface area contributed by atoms with Gasteiger partial charge in [-0.3, -0.25) is 9.59 Å². The van der Waals surface area contributed by atoms with Gasteiger partial charge in [0, 0.05) is 11.1 Å². The molecule has 0 N–H and O–H groups in total. The summed E-state index contributed by atoms with van der Waals surface area (Å²) in [4.78, 5) is 25.2. The van der Waals surface area contributed by atoms with E-state index in [1.165, 1.54) is 0 Å². The molecule has 1 heterocycles. The van der Waals surface area contributed by atoms with Crippen molar-refractivity contribution in [3.05, 3.63) is 65.2 Å². The summed E-state index contributed by atoms with van der Waals surface area (Å²) in [5, 5.41) is 0. The molecule has 0 amide bonds. The minimum Gasteiger partial charge on any atom is -0.497 e. The summed E-state index contributed by atoms with van der Waals surface area (Å²) in [6.07, 6.45) is -0.716. The third-order valence-corrected chi connectivity index (χ3v) is 4.13. The maximum absolute atomic E-state index is 12.8. The van der Waals surface area contributed by atoms with Crippen LogP contribution in [0.15, 0.2) is 48.5 Å². The maximum Gasteiger partial charge on any atom is 0.203 e. The molecule has 2 aromatic rings. The maximum atomic E-state index is 12.8. The molecule has 0 bridgehead atoms. The number of fused-ring (bicyclic) bond motifs is 2. The fourth-order valence-corrected chi connectivity index (χ4v) is 3.00. The van der Waals surface area contributed by atoms with Crippen LogP contribution in [0.2, 0.25) is 0 Å². The zero-order valence-electron chi connectivity index (χ0n) is 11.3. The van der Waals surface area contributed by atoms with Gasteiger partial charge in [-0.2, -0.15) is 0 Å². The van der Waals surface area contributed by atoms with Crippen LogP contribution >= 0.6 is 0 Å². The fourth-order valence-electron chi connectivity index (χ4n) is 3.00. The van der Waals surface area contributed by atoms with Crippen molar-refractivity contribution >= 4 is 11.6 Å². The summed E-state index contributed by atoms with van der Waals surface area (Å²) >= 11 is 0. The van der Waals surface area contributed by atoms with E-state index in [4.69, 9.17) is 9.47 Å². The Morgan fingerprint density at radius 1 is 1.05 bits per heavy atom. The molecule has 4 heteroatoms. The average Bonchev–Trinajstić information content (AvgIpc) is 3.30. The zero-order chi connectivity index (χ0) is 14.6. The van der Waals surface area contributed by atoms with Gasteiger partial charge in [0.1, 0.15) is 5.75 Å². The number of ether oxygens (including phenoxy) is 2. The van der Waals surface area contributed by atoms with Gasteiger partial charge in [0.2, 0.25) is 5.78 Å². The second-order valence-electron chi connectivity index (χ2n) is 5.20. The number of Topliss-reactive ketones (excluding diaryl/α,β-unsaturated/α-hetero) is 2. The van der Waals surface area contributed by atoms with E-state index in [9.17, 15) is 9.59 Å². The number of carbonyl (C=O) groups is 2. The average molecular weight is 280 g/mol. The lowest BCUT2D eigenvalue weighted by Crippen LogP contribution is -2.34. The monoisotopic (exact) mass is 280 g/mol. The zero-order valence-corrected chi connectivity index (χ0v) is 11.3. The number of rotatable bonds is 2. The summed E-state index contributed by atoms with van der Waals surface area (Å²) < 4.78 is 10.8. The summed E-state index contributed by atoms with van der Waals surface area (Å²) in [6.45, 7) is 0. The molecular weight excluding hydrogens is 268 g/mol. The number of hydrogen-bond acceptors (Lipinski definition) is 4.